The molecule has 1 fully saturated rings. The molecule has 0 radical (unpaired) electrons. The number of nitrogens with one attached hydrogen (secondary N) is 2. The number of alkyl carbamates (subject to hydrolysis) is 1. The van der Waals surface area contributed by atoms with Crippen molar-refractivity contribution in [2.24, 2.45) is 0 Å². The van der Waals surface area contributed by atoms with Crippen LogP contribution in [-0.4, -0.2) is 41.8 Å². The molecular weight excluding hydrogens is 377 g/mol. The van der Waals surface area contributed by atoms with Gasteiger partial charge in [-0.3, -0.25) is 0 Å². The highest BCUT2D eigenvalue weighted by atomic mass is 35.5. The number of halogens is 2. The molecule has 150 valence electrons. The summed E-state index contributed by atoms with van der Waals surface area (Å²) in [4.78, 5) is 27.6. The maximum Gasteiger partial charge on any atom is 0.407 e. The molecule has 1 aliphatic rings. The number of aromatic nitrogens is 1. The van der Waals surface area contributed by atoms with E-state index < -0.39 is 23.5 Å². The van der Waals surface area contributed by atoms with Crippen LogP contribution in [0.3, 0.4) is 0 Å². The van der Waals surface area contributed by atoms with Crippen LogP contribution in [0.2, 0.25) is 5.15 Å². The van der Waals surface area contributed by atoms with E-state index in [1.54, 1.807) is 20.8 Å². The topological polar surface area (TPSA) is 89.6 Å². The van der Waals surface area contributed by atoms with Crippen LogP contribution in [0, 0.1) is 5.82 Å². The highest BCUT2D eigenvalue weighted by molar-refractivity contribution is 6.32. The number of esters is 1. The molecule has 9 heteroatoms. The van der Waals surface area contributed by atoms with Crippen molar-refractivity contribution in [3.05, 3.63) is 22.6 Å². The third-order valence-corrected chi connectivity index (χ3v) is 4.41. The second kappa shape index (κ2) is 8.73. The summed E-state index contributed by atoms with van der Waals surface area (Å²) < 4.78 is 24.2. The van der Waals surface area contributed by atoms with Gasteiger partial charge in [0.25, 0.3) is 0 Å². The van der Waals surface area contributed by atoms with Crippen molar-refractivity contribution in [1.82, 2.24) is 10.3 Å². The molecule has 0 unspecified atom stereocenters. The Labute approximate surface area is 163 Å². The first-order valence-electron chi connectivity index (χ1n) is 8.81. The van der Waals surface area contributed by atoms with Crippen molar-refractivity contribution in [3.8, 4) is 0 Å². The van der Waals surface area contributed by atoms with Gasteiger partial charge in [0.05, 0.1) is 13.2 Å². The third-order valence-electron chi connectivity index (χ3n) is 4.13. The number of hydrogen-bond acceptors (Lipinski definition) is 6. The monoisotopic (exact) mass is 401 g/mol. The molecule has 27 heavy (non-hydrogen) atoms. The lowest BCUT2D eigenvalue weighted by Gasteiger charge is -2.33. The van der Waals surface area contributed by atoms with Crippen LogP contribution in [0.15, 0.2) is 6.07 Å². The maximum atomic E-state index is 14.4. The normalized spacial score (nSPS) is 19.9. The Morgan fingerprint density at radius 2 is 1.89 bits per heavy atom. The highest BCUT2D eigenvalue weighted by Gasteiger charge is 2.29. The molecule has 1 aromatic rings. The number of anilines is 1. The zero-order valence-corrected chi connectivity index (χ0v) is 16.7. The van der Waals surface area contributed by atoms with Crippen molar-refractivity contribution in [3.63, 3.8) is 0 Å². The number of carbonyl (C=O) groups is 2. The fraction of sp³-hybridized carbons (Fsp3) is 0.611. The molecule has 1 heterocycles. The summed E-state index contributed by atoms with van der Waals surface area (Å²) in [6.45, 7) is 5.36. The first kappa shape index (κ1) is 21.2. The average molecular weight is 402 g/mol. The van der Waals surface area contributed by atoms with Gasteiger partial charge in [0.15, 0.2) is 11.6 Å². The van der Waals surface area contributed by atoms with Crippen molar-refractivity contribution < 1.29 is 23.5 Å². The minimum Gasteiger partial charge on any atom is -0.465 e. The predicted molar refractivity (Wildman–Crippen MR) is 99.6 cm³/mol. The van der Waals surface area contributed by atoms with Crippen LogP contribution in [0.5, 0.6) is 0 Å². The van der Waals surface area contributed by atoms with E-state index in [2.05, 4.69) is 20.4 Å². The smallest absolute Gasteiger partial charge is 0.407 e. The fourth-order valence-corrected chi connectivity index (χ4v) is 3.15. The van der Waals surface area contributed by atoms with E-state index in [0.29, 0.717) is 0 Å². The fourth-order valence-electron chi connectivity index (χ4n) is 2.93. The first-order valence-corrected chi connectivity index (χ1v) is 9.19. The number of hydrogen-bond donors (Lipinski definition) is 2. The summed E-state index contributed by atoms with van der Waals surface area (Å²) in [6.07, 6.45) is 2.80. The number of amides is 1. The van der Waals surface area contributed by atoms with Gasteiger partial charge in [-0.05, 0) is 39.7 Å². The van der Waals surface area contributed by atoms with Crippen LogP contribution in [0.1, 0.15) is 56.8 Å². The summed E-state index contributed by atoms with van der Waals surface area (Å²) in [5.41, 5.74) is -0.749. The van der Waals surface area contributed by atoms with Crippen LogP contribution in [0.25, 0.3) is 0 Å². The Kier molecular flexibility index (Phi) is 6.86. The molecule has 2 rings (SSSR count). The molecule has 7 nitrogen and oxygen atoms in total. The summed E-state index contributed by atoms with van der Waals surface area (Å²) >= 11 is 5.98. The molecule has 2 N–H and O–H groups in total. The number of ether oxygens (including phenoxy) is 2. The van der Waals surface area contributed by atoms with E-state index in [9.17, 15) is 14.0 Å². The van der Waals surface area contributed by atoms with Crippen LogP contribution < -0.4 is 10.6 Å². The Morgan fingerprint density at radius 1 is 1.26 bits per heavy atom. The Morgan fingerprint density at radius 3 is 2.48 bits per heavy atom. The molecule has 0 saturated heterocycles. The van der Waals surface area contributed by atoms with Crippen molar-refractivity contribution in [1.29, 1.82) is 0 Å². The average Bonchev–Trinajstić information content (AvgIpc) is 2.57. The Hall–Kier alpha value is -2.09. The van der Waals surface area contributed by atoms with E-state index in [0.717, 1.165) is 31.7 Å². The second-order valence-electron chi connectivity index (χ2n) is 7.44. The Balaban J connectivity index is 2.13. The number of pyridine rings is 1. The Bertz CT molecular complexity index is 709. The van der Waals surface area contributed by atoms with Crippen LogP contribution in [0.4, 0.5) is 15.0 Å². The van der Waals surface area contributed by atoms with Gasteiger partial charge in [-0.2, -0.15) is 0 Å². The summed E-state index contributed by atoms with van der Waals surface area (Å²) in [5.74, 6) is -1.56. The molecule has 1 amide bonds. The molecule has 2 atom stereocenters. The van der Waals surface area contributed by atoms with E-state index in [1.165, 1.54) is 7.11 Å². The number of rotatable bonds is 4. The minimum absolute atomic E-state index is 0.0736. The predicted octanol–water partition coefficient (Wildman–Crippen LogP) is 3.91. The van der Waals surface area contributed by atoms with Crippen molar-refractivity contribution >= 4 is 29.5 Å². The molecule has 0 bridgehead atoms. The van der Waals surface area contributed by atoms with E-state index in [-0.39, 0.29) is 28.6 Å². The van der Waals surface area contributed by atoms with Gasteiger partial charge < -0.3 is 20.1 Å². The molecule has 1 saturated carbocycles. The SMILES string of the molecule is COC(=O)c1cc(F)c(N[C@@H]2CCCC[C@@H]2NC(=O)OC(C)(C)C)nc1Cl. The lowest BCUT2D eigenvalue weighted by Crippen LogP contribution is -2.50. The highest BCUT2D eigenvalue weighted by Crippen LogP contribution is 2.26. The van der Waals surface area contributed by atoms with Gasteiger partial charge in [-0.1, -0.05) is 24.4 Å². The van der Waals surface area contributed by atoms with Gasteiger partial charge in [-0.25, -0.2) is 19.0 Å². The van der Waals surface area contributed by atoms with Gasteiger partial charge >= 0.3 is 12.1 Å². The molecule has 1 aliphatic carbocycles. The van der Waals surface area contributed by atoms with Crippen molar-refractivity contribution in [2.45, 2.75) is 64.1 Å². The minimum atomic E-state index is -0.764. The van der Waals surface area contributed by atoms with E-state index in [4.69, 9.17) is 16.3 Å². The molecule has 0 spiro atoms. The summed E-state index contributed by atoms with van der Waals surface area (Å²) in [6, 6.07) is 0.505. The molecule has 0 aromatic carbocycles. The number of carbonyl (C=O) groups excluding carboxylic acids is 2. The van der Waals surface area contributed by atoms with Gasteiger partial charge in [0.2, 0.25) is 0 Å². The van der Waals surface area contributed by atoms with E-state index >= 15 is 0 Å². The molecular formula is C18H25ClFN3O4. The molecule has 1 aromatic heterocycles. The third kappa shape index (κ3) is 5.95. The first-order chi connectivity index (χ1) is 12.6. The number of nitrogens with zero attached hydrogens (tertiary/aromatic N) is 1. The van der Waals surface area contributed by atoms with Crippen LogP contribution >= 0.6 is 11.6 Å². The lowest BCUT2D eigenvalue weighted by atomic mass is 9.90. The van der Waals surface area contributed by atoms with Crippen LogP contribution in [-0.2, 0) is 9.47 Å². The summed E-state index contributed by atoms with van der Waals surface area (Å²) in [5, 5.41) is 5.68. The lowest BCUT2D eigenvalue weighted by molar-refractivity contribution is 0.0487. The standard InChI is InChI=1S/C18H25ClFN3O4/c1-18(2,3)27-17(25)22-13-8-6-5-7-12(13)21-15-11(20)9-10(14(19)23-15)16(24)26-4/h9,12-13H,5-8H2,1-4H3,(H,21,23)(H,22,25)/t12-,13+/m1/s1. The van der Waals surface area contributed by atoms with Gasteiger partial charge in [-0.15, -0.1) is 0 Å². The zero-order valence-electron chi connectivity index (χ0n) is 15.9. The van der Waals surface area contributed by atoms with Gasteiger partial charge in [0, 0.05) is 6.04 Å². The summed E-state index contributed by atoms with van der Waals surface area (Å²) in [7, 11) is 1.18. The largest absolute Gasteiger partial charge is 0.465 e. The molecule has 0 aliphatic heterocycles. The maximum absolute atomic E-state index is 14.4. The van der Waals surface area contributed by atoms with E-state index in [1.807, 2.05) is 0 Å². The zero-order chi connectivity index (χ0) is 20.2. The number of methoxy groups -OCH3 is 1. The van der Waals surface area contributed by atoms with Gasteiger partial charge in [0.1, 0.15) is 16.3 Å². The quantitative estimate of drug-likeness (QED) is 0.587. The van der Waals surface area contributed by atoms with Crippen molar-refractivity contribution in [2.75, 3.05) is 12.4 Å². The second-order valence-corrected chi connectivity index (χ2v) is 7.79.